The monoisotopic (exact) mass is 455 g/mol. The number of hydrazine groups is 1. The topological polar surface area (TPSA) is 112 Å². The summed E-state index contributed by atoms with van der Waals surface area (Å²) in [5.41, 5.74) is 1.69. The number of amides is 4. The van der Waals surface area contributed by atoms with E-state index in [4.69, 9.17) is 0 Å². The lowest BCUT2D eigenvalue weighted by atomic mass is 9.97. The highest BCUT2D eigenvalue weighted by Crippen LogP contribution is 2.30. The van der Waals surface area contributed by atoms with Gasteiger partial charge in [-0.3, -0.25) is 19.2 Å². The fraction of sp³-hybridized carbons (Fsp3) is 0.409. The molecule has 3 heterocycles. The van der Waals surface area contributed by atoms with Crippen LogP contribution < -0.4 is 10.6 Å². The van der Waals surface area contributed by atoms with E-state index < -0.39 is 12.0 Å². The Hall–Kier alpha value is -3.27. The van der Waals surface area contributed by atoms with Gasteiger partial charge in [0.1, 0.15) is 10.9 Å². The predicted molar refractivity (Wildman–Crippen MR) is 118 cm³/mol. The molecule has 0 unspecified atom stereocenters. The van der Waals surface area contributed by atoms with Gasteiger partial charge in [-0.1, -0.05) is 25.1 Å². The number of aryl methyl sites for hydroxylation is 1. The SMILES string of the molecule is CC[C@H](CNC(=O)c1sncc1C)C(=O)N[C@@H]1C(=O)N2CCCN2C(=O)c2ccccc21. The van der Waals surface area contributed by atoms with Crippen molar-refractivity contribution < 1.29 is 19.2 Å². The second-order valence-electron chi connectivity index (χ2n) is 7.93. The summed E-state index contributed by atoms with van der Waals surface area (Å²) in [5, 5.41) is 8.54. The average molecular weight is 456 g/mol. The van der Waals surface area contributed by atoms with Gasteiger partial charge in [-0.15, -0.1) is 0 Å². The molecule has 2 N–H and O–H groups in total. The van der Waals surface area contributed by atoms with Crippen molar-refractivity contribution in [2.24, 2.45) is 5.92 Å². The van der Waals surface area contributed by atoms with Gasteiger partial charge in [0.05, 0.1) is 5.92 Å². The number of fused-ring (bicyclic) bond motifs is 2. The number of benzene rings is 1. The second-order valence-corrected chi connectivity index (χ2v) is 8.73. The standard InChI is InChI=1S/C22H25N5O4S/c1-3-14(12-23-20(29)18-13(2)11-24-32-18)19(28)25-17-15-7-4-5-8-16(15)21(30)26-9-6-10-27(26)22(17)31/h4-5,7-8,11,14,17H,3,6,9-10,12H2,1-2H3,(H,23,29)(H,25,28)/t14-,17+/m1/s1. The van der Waals surface area contributed by atoms with Crippen LogP contribution in [-0.4, -0.2) is 57.7 Å². The van der Waals surface area contributed by atoms with E-state index in [0.29, 0.717) is 41.9 Å². The van der Waals surface area contributed by atoms with E-state index in [2.05, 4.69) is 15.0 Å². The minimum atomic E-state index is -0.959. The van der Waals surface area contributed by atoms with E-state index in [1.807, 2.05) is 6.92 Å². The zero-order valence-electron chi connectivity index (χ0n) is 18.0. The molecule has 0 bridgehead atoms. The minimum absolute atomic E-state index is 0.135. The highest BCUT2D eigenvalue weighted by Gasteiger charge is 2.42. The normalized spacial score (nSPS) is 18.6. The highest BCUT2D eigenvalue weighted by molar-refractivity contribution is 7.08. The molecule has 1 fully saturated rings. The zero-order chi connectivity index (χ0) is 22.8. The van der Waals surface area contributed by atoms with Crippen LogP contribution in [0.3, 0.4) is 0 Å². The predicted octanol–water partition coefficient (Wildman–Crippen LogP) is 1.67. The third-order valence-electron chi connectivity index (χ3n) is 5.88. The Morgan fingerprint density at radius 3 is 2.69 bits per heavy atom. The van der Waals surface area contributed by atoms with Crippen LogP contribution in [0.4, 0.5) is 0 Å². The molecule has 1 aromatic heterocycles. The number of carbonyl (C=O) groups excluding carboxylic acids is 4. The van der Waals surface area contributed by atoms with Crippen LogP contribution in [-0.2, 0) is 9.59 Å². The van der Waals surface area contributed by atoms with Crippen molar-refractivity contribution in [3.63, 3.8) is 0 Å². The molecular weight excluding hydrogens is 430 g/mol. The Balaban J connectivity index is 1.52. The van der Waals surface area contributed by atoms with E-state index in [9.17, 15) is 19.2 Å². The molecular formula is C22H25N5O4S. The zero-order valence-corrected chi connectivity index (χ0v) is 18.8. The molecule has 2 aromatic rings. The molecule has 4 amide bonds. The van der Waals surface area contributed by atoms with Crippen LogP contribution in [0.15, 0.2) is 30.5 Å². The van der Waals surface area contributed by atoms with Crippen LogP contribution in [0.2, 0.25) is 0 Å². The summed E-state index contributed by atoms with van der Waals surface area (Å²) in [7, 11) is 0. The molecule has 2 atom stereocenters. The number of carbonyl (C=O) groups is 4. The molecule has 0 spiro atoms. The van der Waals surface area contributed by atoms with Gasteiger partial charge in [0.15, 0.2) is 0 Å². The van der Waals surface area contributed by atoms with Crippen molar-refractivity contribution >= 4 is 35.2 Å². The number of aromatic nitrogens is 1. The van der Waals surface area contributed by atoms with Gasteiger partial charge in [-0.05, 0) is 48.5 Å². The summed E-state index contributed by atoms with van der Waals surface area (Å²) in [6, 6.07) is 5.92. The first-order chi connectivity index (χ1) is 15.4. The van der Waals surface area contributed by atoms with Gasteiger partial charge in [0.25, 0.3) is 17.7 Å². The maximum absolute atomic E-state index is 13.3. The Morgan fingerprint density at radius 2 is 1.97 bits per heavy atom. The van der Waals surface area contributed by atoms with Crippen LogP contribution in [0.25, 0.3) is 0 Å². The Labute approximate surface area is 189 Å². The van der Waals surface area contributed by atoms with E-state index in [0.717, 1.165) is 17.1 Å². The van der Waals surface area contributed by atoms with Gasteiger partial charge in [0.2, 0.25) is 5.91 Å². The maximum Gasteiger partial charge on any atom is 0.272 e. The fourth-order valence-corrected chi connectivity index (χ4v) is 4.71. The van der Waals surface area contributed by atoms with Gasteiger partial charge < -0.3 is 10.6 Å². The summed E-state index contributed by atoms with van der Waals surface area (Å²) in [6.07, 6.45) is 2.80. The fourth-order valence-electron chi connectivity index (χ4n) is 4.04. The van der Waals surface area contributed by atoms with Gasteiger partial charge in [-0.2, -0.15) is 0 Å². The molecule has 0 aliphatic carbocycles. The second kappa shape index (κ2) is 9.07. The molecule has 2 aliphatic rings. The van der Waals surface area contributed by atoms with Crippen molar-refractivity contribution in [3.05, 3.63) is 52.0 Å². The largest absolute Gasteiger partial charge is 0.350 e. The van der Waals surface area contributed by atoms with Crippen LogP contribution >= 0.6 is 11.5 Å². The van der Waals surface area contributed by atoms with Crippen LogP contribution in [0.5, 0.6) is 0 Å². The average Bonchev–Trinajstić information content (AvgIpc) is 3.44. The molecule has 0 radical (unpaired) electrons. The van der Waals surface area contributed by atoms with Crippen molar-refractivity contribution in [2.45, 2.75) is 32.7 Å². The summed E-state index contributed by atoms with van der Waals surface area (Å²) >= 11 is 1.11. The minimum Gasteiger partial charge on any atom is -0.350 e. The quantitative estimate of drug-likeness (QED) is 0.688. The van der Waals surface area contributed by atoms with E-state index >= 15 is 0 Å². The molecule has 4 rings (SSSR count). The lowest BCUT2D eigenvalue weighted by Gasteiger charge is -2.28. The summed E-state index contributed by atoms with van der Waals surface area (Å²) in [6.45, 7) is 4.70. The number of hydrogen-bond donors (Lipinski definition) is 2. The Bertz CT molecular complexity index is 1070. The molecule has 1 aromatic carbocycles. The molecule has 2 aliphatic heterocycles. The number of rotatable bonds is 6. The lowest BCUT2D eigenvalue weighted by molar-refractivity contribution is -0.144. The van der Waals surface area contributed by atoms with Gasteiger partial charge >= 0.3 is 0 Å². The first kappa shape index (κ1) is 21.9. The molecule has 1 saturated heterocycles. The van der Waals surface area contributed by atoms with Crippen molar-refractivity contribution in [1.29, 1.82) is 0 Å². The van der Waals surface area contributed by atoms with E-state index in [1.165, 1.54) is 10.0 Å². The number of nitrogens with one attached hydrogen (secondary N) is 2. The highest BCUT2D eigenvalue weighted by atomic mass is 32.1. The molecule has 10 heteroatoms. The third kappa shape index (κ3) is 3.97. The van der Waals surface area contributed by atoms with Crippen molar-refractivity contribution in [2.75, 3.05) is 19.6 Å². The lowest BCUT2D eigenvalue weighted by Crippen LogP contribution is -2.48. The third-order valence-corrected chi connectivity index (χ3v) is 6.78. The Morgan fingerprint density at radius 1 is 1.22 bits per heavy atom. The van der Waals surface area contributed by atoms with Gasteiger partial charge in [0, 0.05) is 31.4 Å². The van der Waals surface area contributed by atoms with Crippen molar-refractivity contribution in [3.8, 4) is 0 Å². The smallest absolute Gasteiger partial charge is 0.272 e. The van der Waals surface area contributed by atoms with E-state index in [1.54, 1.807) is 37.4 Å². The number of nitrogens with zero attached hydrogens (tertiary/aromatic N) is 3. The first-order valence-electron chi connectivity index (χ1n) is 10.6. The van der Waals surface area contributed by atoms with Crippen molar-refractivity contribution in [1.82, 2.24) is 25.0 Å². The van der Waals surface area contributed by atoms with E-state index in [-0.39, 0.29) is 30.2 Å². The summed E-state index contributed by atoms with van der Waals surface area (Å²) in [4.78, 5) is 52.3. The first-order valence-corrected chi connectivity index (χ1v) is 11.4. The Kier molecular flexibility index (Phi) is 6.22. The number of hydrogen-bond acceptors (Lipinski definition) is 6. The summed E-state index contributed by atoms with van der Waals surface area (Å²) < 4.78 is 4.00. The molecule has 0 saturated carbocycles. The summed E-state index contributed by atoms with van der Waals surface area (Å²) in [5.74, 6) is -1.70. The van der Waals surface area contributed by atoms with Crippen LogP contribution in [0, 0.1) is 12.8 Å². The molecule has 168 valence electrons. The van der Waals surface area contributed by atoms with Crippen LogP contribution in [0.1, 0.15) is 57.0 Å². The van der Waals surface area contributed by atoms with Gasteiger partial charge in [-0.25, -0.2) is 14.4 Å². The molecule has 9 nitrogen and oxygen atoms in total. The molecule has 32 heavy (non-hydrogen) atoms. The maximum atomic E-state index is 13.3.